The molecular weight excluding hydrogens is 322 g/mol. The van der Waals surface area contributed by atoms with E-state index in [0.717, 1.165) is 5.56 Å². The van der Waals surface area contributed by atoms with Gasteiger partial charge >= 0.3 is 5.88 Å². The average molecular weight is 337 g/mol. The number of aromatic nitrogens is 1. The highest BCUT2D eigenvalue weighted by Gasteiger charge is 2.28. The van der Waals surface area contributed by atoms with E-state index in [1.165, 1.54) is 17.0 Å². The minimum Gasteiger partial charge on any atom is -0.395 e. The predicted molar refractivity (Wildman–Crippen MR) is 90.0 cm³/mol. The molecule has 0 N–H and O–H groups in total. The molecule has 0 radical (unpaired) electrons. The number of amides is 1. The SMILES string of the molecule is CN(C(=O)c1ccc([N+](=O)[O-])o1)C(c1ccccc1)c1ccccn1. The van der Waals surface area contributed by atoms with Crippen molar-refractivity contribution in [1.29, 1.82) is 0 Å². The Kier molecular flexibility index (Phi) is 4.56. The summed E-state index contributed by atoms with van der Waals surface area (Å²) in [6, 6.07) is 16.9. The van der Waals surface area contributed by atoms with Crippen molar-refractivity contribution in [2.45, 2.75) is 6.04 Å². The van der Waals surface area contributed by atoms with Crippen molar-refractivity contribution in [3.8, 4) is 0 Å². The van der Waals surface area contributed by atoms with Crippen LogP contribution in [0.1, 0.15) is 27.9 Å². The third-order valence-corrected chi connectivity index (χ3v) is 3.77. The van der Waals surface area contributed by atoms with Gasteiger partial charge in [0.1, 0.15) is 4.92 Å². The molecule has 7 heteroatoms. The van der Waals surface area contributed by atoms with Crippen LogP contribution in [0.15, 0.2) is 71.3 Å². The maximum absolute atomic E-state index is 12.8. The number of furan rings is 1. The molecule has 1 amide bonds. The van der Waals surface area contributed by atoms with Crippen LogP contribution >= 0.6 is 0 Å². The molecule has 0 aliphatic heterocycles. The van der Waals surface area contributed by atoms with E-state index >= 15 is 0 Å². The van der Waals surface area contributed by atoms with Crippen molar-refractivity contribution in [3.05, 3.63) is 94.0 Å². The van der Waals surface area contributed by atoms with E-state index in [9.17, 15) is 14.9 Å². The molecular formula is C18H15N3O4. The highest BCUT2D eigenvalue weighted by atomic mass is 16.6. The first-order chi connectivity index (χ1) is 12.1. The first-order valence-electron chi connectivity index (χ1n) is 7.55. The molecule has 2 heterocycles. The molecule has 0 fully saturated rings. The van der Waals surface area contributed by atoms with Gasteiger partial charge in [-0.3, -0.25) is 19.9 Å². The van der Waals surface area contributed by atoms with Crippen molar-refractivity contribution in [2.75, 3.05) is 7.05 Å². The van der Waals surface area contributed by atoms with Crippen LogP contribution in [0.25, 0.3) is 0 Å². The van der Waals surface area contributed by atoms with Crippen molar-refractivity contribution >= 4 is 11.8 Å². The molecule has 0 saturated heterocycles. The van der Waals surface area contributed by atoms with Crippen molar-refractivity contribution in [2.24, 2.45) is 0 Å². The lowest BCUT2D eigenvalue weighted by atomic mass is 10.0. The number of nitro groups is 1. The lowest BCUT2D eigenvalue weighted by Crippen LogP contribution is -2.32. The summed E-state index contributed by atoms with van der Waals surface area (Å²) in [5.41, 5.74) is 1.56. The fourth-order valence-corrected chi connectivity index (χ4v) is 2.60. The van der Waals surface area contributed by atoms with E-state index in [0.29, 0.717) is 5.69 Å². The summed E-state index contributed by atoms with van der Waals surface area (Å²) >= 11 is 0. The minimum absolute atomic E-state index is 0.0916. The third kappa shape index (κ3) is 3.40. The second-order valence-electron chi connectivity index (χ2n) is 5.38. The Morgan fingerprint density at radius 1 is 1.12 bits per heavy atom. The van der Waals surface area contributed by atoms with E-state index in [4.69, 9.17) is 4.42 Å². The number of benzene rings is 1. The molecule has 1 aromatic carbocycles. The number of hydrogen-bond donors (Lipinski definition) is 0. The van der Waals surface area contributed by atoms with Gasteiger partial charge in [0.15, 0.2) is 5.76 Å². The zero-order valence-corrected chi connectivity index (χ0v) is 13.4. The van der Waals surface area contributed by atoms with Crippen LogP contribution in [0.2, 0.25) is 0 Å². The van der Waals surface area contributed by atoms with Crippen LogP contribution in [-0.2, 0) is 0 Å². The van der Waals surface area contributed by atoms with E-state index in [1.54, 1.807) is 19.3 Å². The molecule has 0 aliphatic carbocycles. The quantitative estimate of drug-likeness (QED) is 0.525. The predicted octanol–water partition coefficient (Wildman–Crippen LogP) is 3.44. The highest BCUT2D eigenvalue weighted by Crippen LogP contribution is 2.28. The molecule has 2 aromatic heterocycles. The standard InChI is InChI=1S/C18H15N3O4/c1-20(18(22)15-10-11-16(25-15)21(23)24)17(13-7-3-2-4-8-13)14-9-5-6-12-19-14/h2-12,17H,1H3. The Morgan fingerprint density at radius 3 is 2.44 bits per heavy atom. The summed E-state index contributed by atoms with van der Waals surface area (Å²) in [4.78, 5) is 28.6. The van der Waals surface area contributed by atoms with Gasteiger partial charge in [0.25, 0.3) is 5.91 Å². The molecule has 0 spiro atoms. The smallest absolute Gasteiger partial charge is 0.395 e. The van der Waals surface area contributed by atoms with E-state index < -0.39 is 22.8 Å². The topological polar surface area (TPSA) is 89.5 Å². The normalized spacial score (nSPS) is 11.7. The summed E-state index contributed by atoms with van der Waals surface area (Å²) in [7, 11) is 1.61. The number of carbonyl (C=O) groups excluding carboxylic acids is 1. The fourth-order valence-electron chi connectivity index (χ4n) is 2.60. The number of rotatable bonds is 5. The van der Waals surface area contributed by atoms with E-state index in [1.807, 2.05) is 42.5 Å². The number of hydrogen-bond acceptors (Lipinski definition) is 5. The lowest BCUT2D eigenvalue weighted by Gasteiger charge is -2.27. The Hall–Kier alpha value is -3.48. The van der Waals surface area contributed by atoms with Gasteiger partial charge in [-0.25, -0.2) is 0 Å². The van der Waals surface area contributed by atoms with Gasteiger partial charge in [-0.15, -0.1) is 0 Å². The fraction of sp³-hybridized carbons (Fsp3) is 0.111. The molecule has 1 unspecified atom stereocenters. The van der Waals surface area contributed by atoms with Gasteiger partial charge in [0.05, 0.1) is 17.8 Å². The summed E-state index contributed by atoms with van der Waals surface area (Å²) in [5.74, 6) is -1.02. The minimum atomic E-state index is -0.676. The lowest BCUT2D eigenvalue weighted by molar-refractivity contribution is -0.402. The number of pyridine rings is 1. The number of carbonyl (C=O) groups is 1. The summed E-state index contributed by atoms with van der Waals surface area (Å²) in [6.45, 7) is 0. The van der Waals surface area contributed by atoms with Crippen LogP contribution in [0.3, 0.4) is 0 Å². The van der Waals surface area contributed by atoms with Gasteiger partial charge in [-0.05, 0) is 23.8 Å². The zero-order chi connectivity index (χ0) is 17.8. The van der Waals surface area contributed by atoms with Gasteiger partial charge in [-0.2, -0.15) is 0 Å². The van der Waals surface area contributed by atoms with Gasteiger partial charge in [0, 0.05) is 13.2 Å². The van der Waals surface area contributed by atoms with Gasteiger partial charge < -0.3 is 9.32 Å². The van der Waals surface area contributed by atoms with Crippen LogP contribution in [0.5, 0.6) is 0 Å². The first-order valence-corrected chi connectivity index (χ1v) is 7.55. The molecule has 126 valence electrons. The van der Waals surface area contributed by atoms with E-state index in [-0.39, 0.29) is 5.76 Å². The Morgan fingerprint density at radius 2 is 1.84 bits per heavy atom. The second-order valence-corrected chi connectivity index (χ2v) is 5.38. The second kappa shape index (κ2) is 6.96. The maximum Gasteiger partial charge on any atom is 0.433 e. The van der Waals surface area contributed by atoms with Crippen molar-refractivity contribution < 1.29 is 14.1 Å². The number of nitrogens with zero attached hydrogens (tertiary/aromatic N) is 3. The maximum atomic E-state index is 12.8. The third-order valence-electron chi connectivity index (χ3n) is 3.77. The van der Waals surface area contributed by atoms with Gasteiger partial charge in [0.2, 0.25) is 0 Å². The Balaban J connectivity index is 1.97. The monoisotopic (exact) mass is 337 g/mol. The highest BCUT2D eigenvalue weighted by molar-refractivity contribution is 5.92. The first kappa shape index (κ1) is 16.4. The van der Waals surface area contributed by atoms with Gasteiger partial charge in [-0.1, -0.05) is 36.4 Å². The zero-order valence-electron chi connectivity index (χ0n) is 13.4. The van der Waals surface area contributed by atoms with Crippen molar-refractivity contribution in [3.63, 3.8) is 0 Å². The van der Waals surface area contributed by atoms with Crippen LogP contribution in [-0.4, -0.2) is 27.8 Å². The molecule has 1 atom stereocenters. The average Bonchev–Trinajstić information content (AvgIpc) is 3.13. The molecule has 3 aromatic rings. The summed E-state index contributed by atoms with van der Waals surface area (Å²) < 4.78 is 5.04. The van der Waals surface area contributed by atoms with Crippen LogP contribution in [0.4, 0.5) is 5.88 Å². The van der Waals surface area contributed by atoms with Crippen LogP contribution < -0.4 is 0 Å². The van der Waals surface area contributed by atoms with E-state index in [2.05, 4.69) is 4.98 Å². The Bertz CT molecular complexity index is 838. The molecule has 0 aliphatic rings. The largest absolute Gasteiger partial charge is 0.433 e. The molecule has 3 rings (SSSR count). The summed E-state index contributed by atoms with van der Waals surface area (Å²) in [5, 5.41) is 10.8. The summed E-state index contributed by atoms with van der Waals surface area (Å²) in [6.07, 6.45) is 1.65. The van der Waals surface area contributed by atoms with Crippen molar-refractivity contribution in [1.82, 2.24) is 9.88 Å². The molecule has 7 nitrogen and oxygen atoms in total. The molecule has 0 bridgehead atoms. The Labute approximate surface area is 143 Å². The van der Waals surface area contributed by atoms with Crippen LogP contribution in [0, 0.1) is 10.1 Å². The molecule has 0 saturated carbocycles. The molecule has 25 heavy (non-hydrogen) atoms.